The van der Waals surface area contributed by atoms with Crippen LogP contribution in [0.5, 0.6) is 0 Å². The van der Waals surface area contributed by atoms with Gasteiger partial charge >= 0.3 is 5.97 Å². The van der Waals surface area contributed by atoms with Crippen LogP contribution < -0.4 is 0 Å². The highest BCUT2D eigenvalue weighted by Gasteiger charge is 2.03. The van der Waals surface area contributed by atoms with Gasteiger partial charge in [-0.3, -0.25) is 4.79 Å². The van der Waals surface area contributed by atoms with E-state index in [4.69, 9.17) is 10.2 Å². The number of carboxylic acid groups (broad SMARTS) is 1. The Bertz CT molecular complexity index is 1490. The van der Waals surface area contributed by atoms with Gasteiger partial charge in [-0.1, -0.05) is 99.2 Å². The molecule has 5 aromatic rings. The van der Waals surface area contributed by atoms with E-state index in [0.29, 0.717) is 6.42 Å². The Morgan fingerprint density at radius 3 is 2.21 bits per heavy atom. The fourth-order valence-electron chi connectivity index (χ4n) is 4.08. The van der Waals surface area contributed by atoms with Gasteiger partial charge in [0.15, 0.2) is 0 Å². The molecule has 0 aliphatic carbocycles. The summed E-state index contributed by atoms with van der Waals surface area (Å²) in [6.07, 6.45) is 15.9. The monoisotopic (exact) mass is 597 g/mol. The Morgan fingerprint density at radius 2 is 1.58 bits per heavy atom. The molecule has 0 amide bonds. The van der Waals surface area contributed by atoms with E-state index in [1.807, 2.05) is 71.7 Å². The molecule has 0 bridgehead atoms. The number of aryl methyl sites for hydroxylation is 1. The Hall–Kier alpha value is -4.05. The fraction of sp³-hybridized carbons (Fsp3) is 0.297. The van der Waals surface area contributed by atoms with Crippen LogP contribution in [0.1, 0.15) is 69.4 Å². The van der Waals surface area contributed by atoms with Crippen LogP contribution in [-0.4, -0.2) is 32.8 Å². The summed E-state index contributed by atoms with van der Waals surface area (Å²) in [5.41, 5.74) is 4.57. The number of hydrogen-bond donors (Lipinski definition) is 4. The second kappa shape index (κ2) is 22.5. The average molecular weight is 598 g/mol. The summed E-state index contributed by atoms with van der Waals surface area (Å²) in [5, 5.41) is 23.3. The predicted molar refractivity (Wildman–Crippen MR) is 183 cm³/mol. The largest absolute Gasteiger partial charge is 0.481 e. The number of H-pyrrole nitrogens is 2. The Balaban J connectivity index is 0.000000220. The van der Waals surface area contributed by atoms with Crippen LogP contribution in [0, 0.1) is 18.8 Å². The molecular weight excluding hydrogens is 552 g/mol. The first-order chi connectivity index (χ1) is 21.1. The molecule has 0 aliphatic rings. The maximum absolute atomic E-state index is 10.4. The number of thiophene rings is 1. The van der Waals surface area contributed by atoms with Crippen LogP contribution in [0.15, 0.2) is 96.0 Å². The van der Waals surface area contributed by atoms with E-state index in [0.717, 1.165) is 55.1 Å². The molecule has 5 rings (SSSR count). The van der Waals surface area contributed by atoms with Crippen molar-refractivity contribution in [2.75, 3.05) is 6.61 Å². The van der Waals surface area contributed by atoms with Gasteiger partial charge in [-0.05, 0) is 60.6 Å². The van der Waals surface area contributed by atoms with Gasteiger partial charge in [0.05, 0.1) is 0 Å². The first-order valence-electron chi connectivity index (χ1n) is 14.9. The molecule has 0 fully saturated rings. The number of aliphatic carboxylic acids is 1. The standard InChI is InChI=1S/C15H16N.C12H13NO2.C6H12O.C4H4S/c1-2-3-4-5-6-9-13-12-16-15-11-8-7-10-14(13)15;14-12(15)7-3-4-9-8-13-11-6-2-1-5-10(9)11;1-2-3-4-5-6-7;1-2-4-5-3-1/h7-8,10-12,16H,1-5H2;1-2,5-6,8,13H,3-4,7H2,(H,14,15);3-4,7H,2,5-6H2,1H3;1-4H/b;;4-3-;. The van der Waals surface area contributed by atoms with Crippen molar-refractivity contribution >= 4 is 39.1 Å². The summed E-state index contributed by atoms with van der Waals surface area (Å²) in [6, 6.07) is 20.4. The van der Waals surface area contributed by atoms with Gasteiger partial charge in [0.2, 0.25) is 0 Å². The number of nitrogens with one attached hydrogen (secondary N) is 2. The number of para-hydroxylation sites is 2. The molecule has 6 heteroatoms. The summed E-state index contributed by atoms with van der Waals surface area (Å²) >= 11 is 1.71. The van der Waals surface area contributed by atoms with Crippen molar-refractivity contribution < 1.29 is 15.0 Å². The lowest BCUT2D eigenvalue weighted by Gasteiger charge is -1.96. The summed E-state index contributed by atoms with van der Waals surface area (Å²) in [4.78, 5) is 16.8. The van der Waals surface area contributed by atoms with Gasteiger partial charge < -0.3 is 20.2 Å². The van der Waals surface area contributed by atoms with E-state index in [2.05, 4.69) is 59.9 Å². The number of fused-ring (bicyclic) bond motifs is 2. The van der Waals surface area contributed by atoms with Crippen molar-refractivity contribution in [2.24, 2.45) is 0 Å². The Labute approximate surface area is 260 Å². The third-order valence-corrected chi connectivity index (χ3v) is 6.88. The molecule has 0 unspecified atom stereocenters. The van der Waals surface area contributed by atoms with Crippen molar-refractivity contribution in [3.8, 4) is 11.8 Å². The number of benzene rings is 2. The smallest absolute Gasteiger partial charge is 0.303 e. The van der Waals surface area contributed by atoms with Crippen molar-refractivity contribution in [2.45, 2.75) is 64.7 Å². The van der Waals surface area contributed by atoms with Crippen molar-refractivity contribution in [3.63, 3.8) is 0 Å². The van der Waals surface area contributed by atoms with Crippen LogP contribution in [-0.2, 0) is 11.2 Å². The molecule has 2 aromatic carbocycles. The Morgan fingerprint density at radius 1 is 0.907 bits per heavy atom. The molecule has 0 spiro atoms. The van der Waals surface area contributed by atoms with Crippen LogP contribution in [0.4, 0.5) is 0 Å². The minimum Gasteiger partial charge on any atom is -0.481 e. The molecule has 43 heavy (non-hydrogen) atoms. The van der Waals surface area contributed by atoms with Crippen LogP contribution in [0.3, 0.4) is 0 Å². The summed E-state index contributed by atoms with van der Waals surface area (Å²) < 4.78 is 0. The number of aromatic nitrogens is 2. The molecule has 3 aromatic heterocycles. The predicted octanol–water partition coefficient (Wildman–Crippen LogP) is 9.57. The van der Waals surface area contributed by atoms with Crippen LogP contribution in [0.2, 0.25) is 0 Å². The molecule has 0 saturated carbocycles. The van der Waals surface area contributed by atoms with E-state index >= 15 is 0 Å². The number of allylic oxidation sites excluding steroid dienone is 1. The Kier molecular flexibility index (Phi) is 18.4. The SMILES string of the molecule is CC/C=C\CCO.O=C(O)CCCc1c[nH]c2ccccc12.[CH2]CCCCC#Cc1c[nH]c2ccccc12.c1ccsc1. The number of aliphatic hydroxyl groups is 1. The third kappa shape index (κ3) is 14.6. The number of aromatic amines is 2. The van der Waals surface area contributed by atoms with E-state index in [-0.39, 0.29) is 13.0 Å². The van der Waals surface area contributed by atoms with Gasteiger partial charge in [-0.15, -0.1) is 0 Å². The highest BCUT2D eigenvalue weighted by Crippen LogP contribution is 2.19. The zero-order valence-electron chi connectivity index (χ0n) is 25.2. The lowest BCUT2D eigenvalue weighted by atomic mass is 10.1. The molecule has 4 N–H and O–H groups in total. The van der Waals surface area contributed by atoms with Gasteiger partial charge in [0.25, 0.3) is 0 Å². The number of aliphatic hydroxyl groups excluding tert-OH is 1. The second-order valence-electron chi connectivity index (χ2n) is 9.65. The zero-order chi connectivity index (χ0) is 31.0. The van der Waals surface area contributed by atoms with Gasteiger partial charge in [-0.2, -0.15) is 11.3 Å². The number of hydrogen-bond acceptors (Lipinski definition) is 3. The number of carboxylic acids is 1. The number of rotatable bonds is 10. The quantitative estimate of drug-likeness (QED) is 0.0734. The van der Waals surface area contributed by atoms with Gasteiger partial charge in [-0.25, -0.2) is 0 Å². The molecule has 1 radical (unpaired) electrons. The summed E-state index contributed by atoms with van der Waals surface area (Å²) in [7, 11) is 0. The van der Waals surface area contributed by atoms with Crippen LogP contribution in [0.25, 0.3) is 21.8 Å². The molecule has 0 saturated heterocycles. The van der Waals surface area contributed by atoms with Crippen molar-refractivity contribution in [3.05, 3.63) is 114 Å². The first-order valence-corrected chi connectivity index (χ1v) is 15.9. The lowest BCUT2D eigenvalue weighted by molar-refractivity contribution is -0.137. The topological polar surface area (TPSA) is 89.1 Å². The van der Waals surface area contributed by atoms with Crippen molar-refractivity contribution in [1.82, 2.24) is 9.97 Å². The van der Waals surface area contributed by atoms with E-state index in [1.54, 1.807) is 11.3 Å². The van der Waals surface area contributed by atoms with Gasteiger partial charge in [0.1, 0.15) is 0 Å². The minimum absolute atomic E-state index is 0.236. The zero-order valence-corrected chi connectivity index (χ0v) is 26.0. The summed E-state index contributed by atoms with van der Waals surface area (Å²) in [6.45, 7) is 6.17. The lowest BCUT2D eigenvalue weighted by Crippen LogP contribution is -1.95. The molecule has 0 aliphatic heterocycles. The highest BCUT2D eigenvalue weighted by atomic mass is 32.1. The van der Waals surface area contributed by atoms with Gasteiger partial charge in [0, 0.05) is 59.2 Å². The fourth-order valence-corrected chi connectivity index (χ4v) is 4.53. The first kappa shape index (κ1) is 35.1. The molecule has 3 heterocycles. The normalized spacial score (nSPS) is 10.1. The van der Waals surface area contributed by atoms with Crippen LogP contribution >= 0.6 is 11.3 Å². The molecule has 5 nitrogen and oxygen atoms in total. The van der Waals surface area contributed by atoms with E-state index < -0.39 is 5.97 Å². The average Bonchev–Trinajstić information content (AvgIpc) is 3.81. The number of carbonyl (C=O) groups is 1. The second-order valence-corrected chi connectivity index (χ2v) is 10.5. The highest BCUT2D eigenvalue weighted by molar-refractivity contribution is 7.07. The minimum atomic E-state index is -0.727. The maximum Gasteiger partial charge on any atom is 0.303 e. The molecular formula is C37H45N2O3S. The maximum atomic E-state index is 10.4. The summed E-state index contributed by atoms with van der Waals surface area (Å²) in [5.74, 6) is 5.71. The third-order valence-electron chi connectivity index (χ3n) is 6.25. The molecule has 227 valence electrons. The van der Waals surface area contributed by atoms with E-state index in [9.17, 15) is 4.79 Å². The molecule has 0 atom stereocenters. The van der Waals surface area contributed by atoms with E-state index in [1.165, 1.54) is 22.8 Å². The van der Waals surface area contributed by atoms with Crippen molar-refractivity contribution in [1.29, 1.82) is 0 Å². The number of unbranched alkanes of at least 4 members (excludes halogenated alkanes) is 3.